The quantitative estimate of drug-likeness (QED) is 0.113. The van der Waals surface area contributed by atoms with Gasteiger partial charge in [-0.3, -0.25) is 10.1 Å². The van der Waals surface area contributed by atoms with Crippen molar-refractivity contribution in [2.75, 3.05) is 20.3 Å². The molecule has 0 saturated heterocycles. The minimum Gasteiger partial charge on any atom is -0.460 e. The van der Waals surface area contributed by atoms with E-state index in [2.05, 4.69) is 0 Å². The Kier molecular flexibility index (Phi) is 8.98. The fraction of sp³-hybridized carbons (Fsp3) is 0.238. The molecule has 2 aromatic rings. The van der Waals surface area contributed by atoms with Crippen LogP contribution in [0.25, 0.3) is 0 Å². The zero-order valence-electron chi connectivity index (χ0n) is 17.7. The van der Waals surface area contributed by atoms with E-state index in [1.807, 2.05) is 0 Å². The number of carbonyl (C=O) groups is 2. The number of hydrogen-bond donors (Lipinski definition) is 0. The predicted molar refractivity (Wildman–Crippen MR) is 112 cm³/mol. The van der Waals surface area contributed by atoms with E-state index in [0.29, 0.717) is 6.07 Å². The SMILES string of the molecule is COCCOC(=O)/C=C(\C)OC(=O)c1cc(Oc2ccc(C(F)(F)F)cc2Cl)ccc1[N+](=O)[O-]. The lowest BCUT2D eigenvalue weighted by atomic mass is 10.1. The first-order valence-electron chi connectivity index (χ1n) is 9.31. The summed E-state index contributed by atoms with van der Waals surface area (Å²) in [4.78, 5) is 34.6. The Morgan fingerprint density at radius 1 is 1.15 bits per heavy atom. The smallest absolute Gasteiger partial charge is 0.416 e. The second kappa shape index (κ2) is 11.5. The molecule has 0 fully saturated rings. The van der Waals surface area contributed by atoms with Crippen LogP contribution >= 0.6 is 11.6 Å². The zero-order valence-corrected chi connectivity index (χ0v) is 18.4. The lowest BCUT2D eigenvalue weighted by Crippen LogP contribution is -2.10. The van der Waals surface area contributed by atoms with E-state index in [4.69, 9.17) is 30.5 Å². The van der Waals surface area contributed by atoms with Crippen LogP contribution in [0.5, 0.6) is 11.5 Å². The molecule has 0 saturated carbocycles. The predicted octanol–water partition coefficient (Wildman–Crippen LogP) is 5.31. The number of rotatable bonds is 9. The van der Waals surface area contributed by atoms with Gasteiger partial charge in [0.1, 0.15) is 29.4 Å². The van der Waals surface area contributed by atoms with Gasteiger partial charge in [0.15, 0.2) is 0 Å². The lowest BCUT2D eigenvalue weighted by Gasteiger charge is -2.12. The number of nitrogens with zero attached hydrogens (tertiary/aromatic N) is 1. The highest BCUT2D eigenvalue weighted by molar-refractivity contribution is 6.32. The molecule has 0 aromatic heterocycles. The summed E-state index contributed by atoms with van der Waals surface area (Å²) >= 11 is 5.85. The van der Waals surface area contributed by atoms with Crippen LogP contribution in [0.15, 0.2) is 48.2 Å². The monoisotopic (exact) mass is 503 g/mol. The van der Waals surface area contributed by atoms with Crippen molar-refractivity contribution >= 4 is 29.2 Å². The van der Waals surface area contributed by atoms with E-state index in [1.54, 1.807) is 0 Å². The van der Waals surface area contributed by atoms with E-state index in [1.165, 1.54) is 14.0 Å². The number of alkyl halides is 3. The molecule has 0 aliphatic heterocycles. The van der Waals surface area contributed by atoms with Crippen LogP contribution in [0, 0.1) is 10.1 Å². The molecule has 2 aromatic carbocycles. The molecular weight excluding hydrogens is 487 g/mol. The minimum absolute atomic E-state index is 0.0373. The van der Waals surface area contributed by atoms with Gasteiger partial charge in [0.05, 0.1) is 28.2 Å². The Bertz CT molecular complexity index is 1120. The van der Waals surface area contributed by atoms with Gasteiger partial charge in [0, 0.05) is 19.2 Å². The molecule has 0 radical (unpaired) electrons. The fourth-order valence-electron chi connectivity index (χ4n) is 2.45. The summed E-state index contributed by atoms with van der Waals surface area (Å²) in [5.74, 6) is -2.55. The summed E-state index contributed by atoms with van der Waals surface area (Å²) in [6, 6.07) is 5.38. The largest absolute Gasteiger partial charge is 0.460 e. The second-order valence-electron chi connectivity index (χ2n) is 6.49. The number of allylic oxidation sites excluding steroid dienone is 1. The van der Waals surface area contributed by atoms with Crippen LogP contribution < -0.4 is 4.74 Å². The number of nitro benzene ring substituents is 1. The van der Waals surface area contributed by atoms with Crippen molar-refractivity contribution in [1.29, 1.82) is 0 Å². The van der Waals surface area contributed by atoms with Crippen LogP contribution in [0.1, 0.15) is 22.8 Å². The molecule has 0 amide bonds. The number of nitro groups is 1. The van der Waals surface area contributed by atoms with Crippen molar-refractivity contribution < 1.29 is 46.6 Å². The van der Waals surface area contributed by atoms with Gasteiger partial charge in [0.25, 0.3) is 5.69 Å². The molecule has 0 aliphatic rings. The van der Waals surface area contributed by atoms with E-state index >= 15 is 0 Å². The topological polar surface area (TPSA) is 114 Å². The number of benzene rings is 2. The van der Waals surface area contributed by atoms with Crippen LogP contribution in [0.3, 0.4) is 0 Å². The molecule has 0 atom stereocenters. The van der Waals surface area contributed by atoms with Crippen molar-refractivity contribution in [3.05, 3.63) is 74.5 Å². The zero-order chi connectivity index (χ0) is 25.5. The molecule has 13 heteroatoms. The summed E-state index contributed by atoms with van der Waals surface area (Å²) in [6.07, 6.45) is -3.75. The number of halogens is 4. The summed E-state index contributed by atoms with van der Waals surface area (Å²) in [5, 5.41) is 10.9. The van der Waals surface area contributed by atoms with Crippen LogP contribution in [0.4, 0.5) is 18.9 Å². The third-order valence-electron chi connectivity index (χ3n) is 3.98. The molecule has 9 nitrogen and oxygen atoms in total. The van der Waals surface area contributed by atoms with E-state index in [9.17, 15) is 32.9 Å². The van der Waals surface area contributed by atoms with E-state index in [-0.39, 0.29) is 35.5 Å². The maximum atomic E-state index is 12.8. The molecule has 0 aliphatic carbocycles. The molecule has 34 heavy (non-hydrogen) atoms. The first kappa shape index (κ1) is 26.6. The molecule has 0 N–H and O–H groups in total. The van der Waals surface area contributed by atoms with Crippen molar-refractivity contribution in [1.82, 2.24) is 0 Å². The molecule has 0 heterocycles. The number of ether oxygens (including phenoxy) is 4. The standard InChI is InChI=1S/C21H17ClF3NO8/c1-12(9-19(27)32-8-7-31-2)33-20(28)15-11-14(4-5-17(15)26(29)30)34-18-6-3-13(10-16(18)22)21(23,24)25/h3-6,9-11H,7-8H2,1-2H3/b12-9+. The lowest BCUT2D eigenvalue weighted by molar-refractivity contribution is -0.385. The maximum absolute atomic E-state index is 12.8. The van der Waals surface area contributed by atoms with Gasteiger partial charge < -0.3 is 18.9 Å². The maximum Gasteiger partial charge on any atom is 0.416 e. The average Bonchev–Trinajstić information content (AvgIpc) is 2.74. The highest BCUT2D eigenvalue weighted by Gasteiger charge is 2.31. The first-order chi connectivity index (χ1) is 15.9. The van der Waals surface area contributed by atoms with Gasteiger partial charge in [0.2, 0.25) is 0 Å². The molecule has 0 unspecified atom stereocenters. The van der Waals surface area contributed by atoms with Gasteiger partial charge in [-0.2, -0.15) is 13.2 Å². The molecule has 182 valence electrons. The summed E-state index contributed by atoms with van der Waals surface area (Å²) in [7, 11) is 1.41. The van der Waals surface area contributed by atoms with Gasteiger partial charge in [-0.05, 0) is 31.2 Å². The van der Waals surface area contributed by atoms with Crippen molar-refractivity contribution in [3.63, 3.8) is 0 Å². The van der Waals surface area contributed by atoms with Crippen LogP contribution in [-0.4, -0.2) is 37.2 Å². The Balaban J connectivity index is 2.25. The highest BCUT2D eigenvalue weighted by atomic mass is 35.5. The summed E-state index contributed by atoms with van der Waals surface area (Å²) in [6.45, 7) is 1.37. The molecular formula is C21H17ClF3NO8. The molecule has 0 bridgehead atoms. The van der Waals surface area contributed by atoms with Crippen LogP contribution in [-0.2, 0) is 25.2 Å². The molecule has 2 rings (SSSR count). The van der Waals surface area contributed by atoms with Gasteiger partial charge >= 0.3 is 18.1 Å². The van der Waals surface area contributed by atoms with Crippen molar-refractivity contribution in [3.8, 4) is 11.5 Å². The van der Waals surface area contributed by atoms with Gasteiger partial charge in [-0.15, -0.1) is 0 Å². The number of carbonyl (C=O) groups excluding carboxylic acids is 2. The van der Waals surface area contributed by atoms with E-state index in [0.717, 1.165) is 36.4 Å². The number of hydrogen-bond acceptors (Lipinski definition) is 8. The van der Waals surface area contributed by atoms with E-state index < -0.39 is 39.9 Å². The Morgan fingerprint density at radius 3 is 2.44 bits per heavy atom. The van der Waals surface area contributed by atoms with Crippen LogP contribution in [0.2, 0.25) is 5.02 Å². The highest BCUT2D eigenvalue weighted by Crippen LogP contribution is 2.37. The third kappa shape index (κ3) is 7.46. The third-order valence-corrected chi connectivity index (χ3v) is 4.27. The first-order valence-corrected chi connectivity index (χ1v) is 9.69. The fourth-order valence-corrected chi connectivity index (χ4v) is 2.67. The Morgan fingerprint density at radius 2 is 1.85 bits per heavy atom. The van der Waals surface area contributed by atoms with Crippen molar-refractivity contribution in [2.24, 2.45) is 0 Å². The normalized spacial score (nSPS) is 11.6. The van der Waals surface area contributed by atoms with Gasteiger partial charge in [-0.1, -0.05) is 11.6 Å². The summed E-state index contributed by atoms with van der Waals surface area (Å²) in [5.41, 5.74) is -2.17. The Hall–Kier alpha value is -3.64. The van der Waals surface area contributed by atoms with Gasteiger partial charge in [-0.25, -0.2) is 9.59 Å². The Labute approximate surface area is 195 Å². The number of esters is 2. The average molecular weight is 504 g/mol. The number of methoxy groups -OCH3 is 1. The van der Waals surface area contributed by atoms with Crippen molar-refractivity contribution in [2.45, 2.75) is 13.1 Å². The summed E-state index contributed by atoms with van der Waals surface area (Å²) < 4.78 is 58.3. The second-order valence-corrected chi connectivity index (χ2v) is 6.89. The minimum atomic E-state index is -4.62. The molecule has 0 spiro atoms.